The van der Waals surface area contributed by atoms with E-state index in [9.17, 15) is 18.4 Å². The number of rotatable bonds is 4. The smallest absolute Gasteiger partial charge is 0.323 e. The number of para-hydroxylation sites is 1. The number of carbonyl (C=O) groups is 2. The number of likely N-dealkylation sites (tertiary alicyclic amines) is 1. The van der Waals surface area contributed by atoms with Crippen LogP contribution in [0.1, 0.15) is 18.4 Å². The quantitative estimate of drug-likeness (QED) is 0.424. The number of nitrogens with one attached hydrogen (secondary N) is 3. The van der Waals surface area contributed by atoms with Crippen molar-refractivity contribution in [3.63, 3.8) is 0 Å². The highest BCUT2D eigenvalue weighted by Crippen LogP contribution is 2.22. The van der Waals surface area contributed by atoms with E-state index in [1.165, 1.54) is 6.07 Å². The summed E-state index contributed by atoms with van der Waals surface area (Å²) < 4.78 is 27.2. The van der Waals surface area contributed by atoms with Crippen molar-refractivity contribution in [2.75, 3.05) is 29.0 Å². The molecule has 1 heterocycles. The molecule has 4 rings (SSSR count). The maximum absolute atomic E-state index is 13.9. The molecule has 0 unspecified atom stereocenters. The highest BCUT2D eigenvalue weighted by Gasteiger charge is 2.19. The van der Waals surface area contributed by atoms with Gasteiger partial charge in [-0.15, -0.1) is 0 Å². The lowest BCUT2D eigenvalue weighted by molar-refractivity contribution is 0.208. The number of hydrogen-bond donors (Lipinski definition) is 3. The Morgan fingerprint density at radius 3 is 2.00 bits per heavy atom. The van der Waals surface area contributed by atoms with E-state index in [1.807, 2.05) is 18.2 Å². The predicted octanol–water partition coefficient (Wildman–Crippen LogP) is 6.32. The molecule has 0 radical (unpaired) electrons. The third kappa shape index (κ3) is 6.19. The summed E-state index contributed by atoms with van der Waals surface area (Å²) in [4.78, 5) is 26.4. The zero-order valence-electron chi connectivity index (χ0n) is 18.4. The molecule has 174 valence electrons. The van der Waals surface area contributed by atoms with E-state index in [-0.39, 0.29) is 17.6 Å². The molecule has 0 saturated carbocycles. The van der Waals surface area contributed by atoms with Crippen molar-refractivity contribution >= 4 is 35.2 Å². The van der Waals surface area contributed by atoms with Crippen LogP contribution >= 0.6 is 0 Å². The molecule has 0 aliphatic carbocycles. The fourth-order valence-corrected chi connectivity index (χ4v) is 3.64. The normalized spacial score (nSPS) is 13.2. The Morgan fingerprint density at radius 2 is 1.35 bits per heavy atom. The highest BCUT2D eigenvalue weighted by atomic mass is 19.1. The Kier molecular flexibility index (Phi) is 7.17. The predicted molar refractivity (Wildman–Crippen MR) is 130 cm³/mol. The summed E-state index contributed by atoms with van der Waals surface area (Å²) >= 11 is 0. The molecule has 0 aromatic heterocycles. The lowest BCUT2D eigenvalue weighted by atomic mass is 10.0. The van der Waals surface area contributed by atoms with E-state index in [2.05, 4.69) is 16.0 Å². The van der Waals surface area contributed by atoms with E-state index < -0.39 is 11.6 Å². The first-order valence-corrected chi connectivity index (χ1v) is 10.9. The van der Waals surface area contributed by atoms with E-state index in [0.29, 0.717) is 43.0 Å². The summed E-state index contributed by atoms with van der Waals surface area (Å²) in [6.45, 7) is 0.960. The van der Waals surface area contributed by atoms with Crippen molar-refractivity contribution in [2.24, 2.45) is 0 Å². The Labute approximate surface area is 196 Å². The van der Waals surface area contributed by atoms with Crippen molar-refractivity contribution in [1.29, 1.82) is 0 Å². The molecular formula is C26H24F2N4O2. The molecular weight excluding hydrogens is 438 g/mol. The first-order valence-electron chi connectivity index (χ1n) is 10.9. The van der Waals surface area contributed by atoms with Crippen LogP contribution in [0.3, 0.4) is 0 Å². The fourth-order valence-electron chi connectivity index (χ4n) is 3.64. The van der Waals surface area contributed by atoms with Crippen LogP contribution in [-0.4, -0.2) is 30.1 Å². The van der Waals surface area contributed by atoms with Crippen LogP contribution < -0.4 is 16.0 Å². The Hall–Kier alpha value is -4.20. The van der Waals surface area contributed by atoms with Crippen molar-refractivity contribution in [3.05, 3.63) is 95.6 Å². The van der Waals surface area contributed by atoms with Crippen LogP contribution in [0, 0.1) is 11.6 Å². The first kappa shape index (κ1) is 23.0. The first-order chi connectivity index (χ1) is 16.5. The second kappa shape index (κ2) is 10.6. The molecule has 1 saturated heterocycles. The van der Waals surface area contributed by atoms with Gasteiger partial charge in [0.05, 0.1) is 0 Å². The van der Waals surface area contributed by atoms with Gasteiger partial charge in [0.1, 0.15) is 11.6 Å². The van der Waals surface area contributed by atoms with Gasteiger partial charge in [0.2, 0.25) is 0 Å². The molecule has 3 aromatic rings. The lowest BCUT2D eigenvalue weighted by Gasteiger charge is -2.28. The molecule has 0 spiro atoms. The molecule has 3 aromatic carbocycles. The second-order valence-electron chi connectivity index (χ2n) is 7.91. The van der Waals surface area contributed by atoms with E-state index in [1.54, 1.807) is 47.4 Å². The van der Waals surface area contributed by atoms with Gasteiger partial charge in [0, 0.05) is 35.7 Å². The molecule has 4 amide bonds. The maximum Gasteiger partial charge on any atom is 0.323 e. The Balaban J connectivity index is 1.27. The van der Waals surface area contributed by atoms with E-state index in [0.717, 1.165) is 17.7 Å². The largest absolute Gasteiger partial charge is 0.324 e. The van der Waals surface area contributed by atoms with Gasteiger partial charge < -0.3 is 20.9 Å². The number of benzene rings is 3. The number of amides is 4. The Morgan fingerprint density at radius 1 is 0.765 bits per heavy atom. The van der Waals surface area contributed by atoms with Crippen molar-refractivity contribution in [1.82, 2.24) is 4.90 Å². The van der Waals surface area contributed by atoms with E-state index in [4.69, 9.17) is 0 Å². The topological polar surface area (TPSA) is 73.5 Å². The summed E-state index contributed by atoms with van der Waals surface area (Å²) in [5.41, 5.74) is 3.06. The van der Waals surface area contributed by atoms with Gasteiger partial charge in [-0.2, -0.15) is 0 Å². The average molecular weight is 463 g/mol. The third-order valence-electron chi connectivity index (χ3n) is 5.44. The van der Waals surface area contributed by atoms with Gasteiger partial charge in [-0.1, -0.05) is 29.8 Å². The Bertz CT molecular complexity index is 1190. The number of piperidine rings is 1. The standard InChI is InChI=1S/C26H24F2N4O2/c27-20-6-11-24(28)19(17-20)16-18-12-14-32(15-13-18)26(34)31-23-9-7-22(8-10-23)30-25(33)29-21-4-2-1-3-5-21/h1-11,16-17H,12-15H2,(H,31,34)(H2,29,30,33). The molecule has 8 heteroatoms. The van der Waals surface area contributed by atoms with Crippen molar-refractivity contribution in [2.45, 2.75) is 12.8 Å². The average Bonchev–Trinajstić information content (AvgIpc) is 2.84. The lowest BCUT2D eigenvalue weighted by Crippen LogP contribution is -2.39. The van der Waals surface area contributed by atoms with Gasteiger partial charge in [-0.25, -0.2) is 18.4 Å². The van der Waals surface area contributed by atoms with Crippen LogP contribution in [-0.2, 0) is 0 Å². The third-order valence-corrected chi connectivity index (χ3v) is 5.44. The summed E-state index contributed by atoms with van der Waals surface area (Å²) in [7, 11) is 0. The summed E-state index contributed by atoms with van der Waals surface area (Å²) in [5.74, 6) is -0.951. The zero-order valence-corrected chi connectivity index (χ0v) is 18.4. The summed E-state index contributed by atoms with van der Waals surface area (Å²) in [6.07, 6.45) is 2.83. The SMILES string of the molecule is O=C(Nc1ccccc1)Nc1ccc(NC(=O)N2CCC(=Cc3cc(F)ccc3F)CC2)cc1. The molecule has 1 aliphatic rings. The number of halogens is 2. The van der Waals surface area contributed by atoms with Crippen molar-refractivity contribution in [3.8, 4) is 0 Å². The molecule has 1 fully saturated rings. The van der Waals surface area contributed by atoms with Crippen LogP contribution in [0.2, 0.25) is 0 Å². The minimum atomic E-state index is -0.483. The van der Waals surface area contributed by atoms with Crippen LogP contribution in [0.25, 0.3) is 6.08 Å². The minimum Gasteiger partial charge on any atom is -0.324 e. The van der Waals surface area contributed by atoms with Gasteiger partial charge in [-0.3, -0.25) is 0 Å². The summed E-state index contributed by atoms with van der Waals surface area (Å²) in [6, 6.07) is 18.7. The summed E-state index contributed by atoms with van der Waals surface area (Å²) in [5, 5.41) is 8.31. The molecule has 6 nitrogen and oxygen atoms in total. The van der Waals surface area contributed by atoms with Gasteiger partial charge in [0.25, 0.3) is 0 Å². The molecule has 3 N–H and O–H groups in total. The molecule has 34 heavy (non-hydrogen) atoms. The molecule has 1 aliphatic heterocycles. The fraction of sp³-hybridized carbons (Fsp3) is 0.154. The number of urea groups is 2. The number of hydrogen-bond acceptors (Lipinski definition) is 2. The van der Waals surface area contributed by atoms with E-state index >= 15 is 0 Å². The van der Waals surface area contributed by atoms with Gasteiger partial charge in [-0.05, 0) is 67.4 Å². The highest BCUT2D eigenvalue weighted by molar-refractivity contribution is 6.00. The minimum absolute atomic E-state index is 0.221. The van der Waals surface area contributed by atoms with Gasteiger partial charge >= 0.3 is 12.1 Å². The number of anilines is 3. The maximum atomic E-state index is 13.9. The van der Waals surface area contributed by atoms with Crippen molar-refractivity contribution < 1.29 is 18.4 Å². The van der Waals surface area contributed by atoms with Crippen LogP contribution in [0.5, 0.6) is 0 Å². The second-order valence-corrected chi connectivity index (χ2v) is 7.91. The molecule has 0 bridgehead atoms. The van der Waals surface area contributed by atoms with Gasteiger partial charge in [0.15, 0.2) is 0 Å². The molecule has 0 atom stereocenters. The number of nitrogens with zero attached hydrogens (tertiary/aromatic N) is 1. The monoisotopic (exact) mass is 462 g/mol. The number of carbonyl (C=O) groups excluding carboxylic acids is 2. The zero-order chi connectivity index (χ0) is 23.9. The van der Waals surface area contributed by atoms with Crippen LogP contribution in [0.4, 0.5) is 35.4 Å². The van der Waals surface area contributed by atoms with Crippen LogP contribution in [0.15, 0.2) is 78.4 Å².